The lowest BCUT2D eigenvalue weighted by molar-refractivity contribution is -0.384. The van der Waals surface area contributed by atoms with Gasteiger partial charge >= 0.3 is 5.69 Å². The van der Waals surface area contributed by atoms with Crippen molar-refractivity contribution in [1.29, 1.82) is 0 Å². The summed E-state index contributed by atoms with van der Waals surface area (Å²) in [6, 6.07) is 5.79. The Morgan fingerprint density at radius 3 is 3.00 bits per heavy atom. The number of nitro groups is 1. The van der Waals surface area contributed by atoms with Crippen molar-refractivity contribution in [2.24, 2.45) is 5.10 Å². The Hall–Kier alpha value is -2.19. The molecule has 0 spiro atoms. The fourth-order valence-electron chi connectivity index (χ4n) is 1.48. The summed E-state index contributed by atoms with van der Waals surface area (Å²) in [5.41, 5.74) is 2.60. The van der Waals surface area contributed by atoms with Crippen molar-refractivity contribution < 1.29 is 10.0 Å². The number of hydrogen-bond acceptors (Lipinski definition) is 6. The highest BCUT2D eigenvalue weighted by Gasteiger charge is 2.13. The molecule has 0 bridgehead atoms. The van der Waals surface area contributed by atoms with Crippen molar-refractivity contribution in [1.82, 2.24) is 4.98 Å². The van der Waals surface area contributed by atoms with Gasteiger partial charge in [0, 0.05) is 22.8 Å². The van der Waals surface area contributed by atoms with Gasteiger partial charge in [0.05, 0.1) is 15.6 Å². The fourth-order valence-corrected chi connectivity index (χ4v) is 2.31. The summed E-state index contributed by atoms with van der Waals surface area (Å²) < 4.78 is 0.417. The predicted octanol–water partition coefficient (Wildman–Crippen LogP) is 3.56. The topological polar surface area (TPSA) is 101 Å². The van der Waals surface area contributed by atoms with Crippen molar-refractivity contribution in [2.75, 3.05) is 5.43 Å². The zero-order chi connectivity index (χ0) is 15.4. The van der Waals surface area contributed by atoms with Crippen LogP contribution in [0.2, 0.25) is 5.02 Å². The van der Waals surface area contributed by atoms with Gasteiger partial charge in [0.25, 0.3) is 0 Å². The number of hydrogen-bond donors (Lipinski definition) is 2. The summed E-state index contributed by atoms with van der Waals surface area (Å²) in [4.78, 5) is 14.1. The Balaban J connectivity index is 2.23. The Morgan fingerprint density at radius 2 is 2.29 bits per heavy atom. The third kappa shape index (κ3) is 3.67. The molecule has 9 heteroatoms. The first-order valence-corrected chi connectivity index (χ1v) is 6.72. The zero-order valence-corrected chi connectivity index (χ0v) is 12.7. The smallest absolute Gasteiger partial charge is 0.313 e. The van der Waals surface area contributed by atoms with Crippen LogP contribution in [0.3, 0.4) is 0 Å². The van der Waals surface area contributed by atoms with Crippen LogP contribution in [0.5, 0.6) is 5.75 Å². The number of anilines is 1. The van der Waals surface area contributed by atoms with Gasteiger partial charge in [-0.3, -0.25) is 15.5 Å². The molecule has 1 aromatic carbocycles. The second-order valence-electron chi connectivity index (χ2n) is 3.82. The van der Waals surface area contributed by atoms with Gasteiger partial charge < -0.3 is 5.11 Å². The number of benzene rings is 1. The Bertz CT molecular complexity index is 724. The molecule has 108 valence electrons. The average molecular weight is 372 g/mol. The summed E-state index contributed by atoms with van der Waals surface area (Å²) in [5.74, 6) is -0.0418. The first kappa shape index (κ1) is 15.2. The van der Waals surface area contributed by atoms with Crippen molar-refractivity contribution in [3.63, 3.8) is 0 Å². The molecule has 0 saturated heterocycles. The molecule has 7 nitrogen and oxygen atoms in total. The van der Waals surface area contributed by atoms with Crippen molar-refractivity contribution in [2.45, 2.75) is 0 Å². The SMILES string of the molecule is O=[N+]([O-])c1cccnc1N/N=C\c1cc(Cl)cc(Br)c1O. The van der Waals surface area contributed by atoms with Crippen molar-refractivity contribution >= 4 is 45.3 Å². The highest BCUT2D eigenvalue weighted by molar-refractivity contribution is 9.10. The van der Waals surface area contributed by atoms with E-state index in [9.17, 15) is 15.2 Å². The number of phenols is 1. The lowest BCUT2D eigenvalue weighted by atomic mass is 10.2. The number of phenolic OH excluding ortho intramolecular Hbond substituents is 1. The molecule has 0 saturated carbocycles. The van der Waals surface area contributed by atoms with Crippen LogP contribution in [0, 0.1) is 10.1 Å². The normalized spacial score (nSPS) is 10.8. The van der Waals surface area contributed by atoms with Crippen LogP contribution in [-0.4, -0.2) is 21.2 Å². The van der Waals surface area contributed by atoms with E-state index in [0.717, 1.165) is 0 Å². The van der Waals surface area contributed by atoms with Crippen LogP contribution < -0.4 is 5.43 Å². The van der Waals surface area contributed by atoms with Gasteiger partial charge in [-0.25, -0.2) is 4.98 Å². The van der Waals surface area contributed by atoms with E-state index in [-0.39, 0.29) is 17.3 Å². The first-order valence-electron chi connectivity index (χ1n) is 5.55. The van der Waals surface area contributed by atoms with Crippen LogP contribution in [-0.2, 0) is 0 Å². The van der Waals surface area contributed by atoms with Crippen molar-refractivity contribution in [3.8, 4) is 5.75 Å². The molecule has 2 rings (SSSR count). The maximum atomic E-state index is 10.8. The molecule has 0 fully saturated rings. The van der Waals surface area contributed by atoms with Crippen LogP contribution in [0.1, 0.15) is 5.56 Å². The lowest BCUT2D eigenvalue weighted by Gasteiger charge is -2.03. The van der Waals surface area contributed by atoms with E-state index >= 15 is 0 Å². The minimum absolute atomic E-state index is 0.000617. The van der Waals surface area contributed by atoms with Gasteiger partial charge in [0.2, 0.25) is 5.82 Å². The number of hydrazone groups is 1. The largest absolute Gasteiger partial charge is 0.506 e. The van der Waals surface area contributed by atoms with Crippen LogP contribution in [0.15, 0.2) is 40.0 Å². The lowest BCUT2D eigenvalue weighted by Crippen LogP contribution is -1.99. The molecule has 0 aliphatic heterocycles. The third-order valence-corrected chi connectivity index (χ3v) is 3.24. The molecule has 1 heterocycles. The van der Waals surface area contributed by atoms with E-state index in [4.69, 9.17) is 11.6 Å². The zero-order valence-electron chi connectivity index (χ0n) is 10.3. The second-order valence-corrected chi connectivity index (χ2v) is 5.11. The molecule has 2 N–H and O–H groups in total. The van der Waals surface area contributed by atoms with E-state index in [2.05, 4.69) is 31.4 Å². The minimum Gasteiger partial charge on any atom is -0.506 e. The van der Waals surface area contributed by atoms with Gasteiger partial charge in [0.15, 0.2) is 0 Å². The first-order chi connectivity index (χ1) is 9.99. The van der Waals surface area contributed by atoms with E-state index in [1.54, 1.807) is 0 Å². The maximum absolute atomic E-state index is 10.8. The van der Waals surface area contributed by atoms with Gasteiger partial charge in [-0.2, -0.15) is 5.10 Å². The molecular formula is C12H8BrClN4O3. The third-order valence-electron chi connectivity index (χ3n) is 2.41. The molecule has 0 amide bonds. The summed E-state index contributed by atoms with van der Waals surface area (Å²) in [6.45, 7) is 0. The van der Waals surface area contributed by atoms with Crippen LogP contribution in [0.4, 0.5) is 11.5 Å². The van der Waals surface area contributed by atoms with Gasteiger partial charge in [-0.15, -0.1) is 0 Å². The Morgan fingerprint density at radius 1 is 1.52 bits per heavy atom. The number of halogens is 2. The standard InChI is InChI=1S/C12H8BrClN4O3/c13-9-5-8(14)4-7(11(9)19)6-16-17-12-10(18(20)21)2-1-3-15-12/h1-6,19H,(H,15,17)/b16-6-. The van der Waals surface area contributed by atoms with E-state index in [1.165, 1.54) is 36.7 Å². The van der Waals surface area contributed by atoms with E-state index < -0.39 is 4.92 Å². The maximum Gasteiger partial charge on any atom is 0.313 e. The summed E-state index contributed by atoms with van der Waals surface area (Å²) in [6.07, 6.45) is 2.68. The van der Waals surface area contributed by atoms with Gasteiger partial charge in [-0.05, 0) is 34.1 Å². The molecular weight excluding hydrogens is 364 g/mol. The van der Waals surface area contributed by atoms with Crippen molar-refractivity contribution in [3.05, 3.63) is 55.6 Å². The highest BCUT2D eigenvalue weighted by atomic mass is 79.9. The molecule has 0 aliphatic rings. The van der Waals surface area contributed by atoms with Crippen LogP contribution >= 0.6 is 27.5 Å². The number of aromatic nitrogens is 1. The monoisotopic (exact) mass is 370 g/mol. The molecule has 2 aromatic rings. The highest BCUT2D eigenvalue weighted by Crippen LogP contribution is 2.30. The summed E-state index contributed by atoms with van der Waals surface area (Å²) in [7, 11) is 0. The fraction of sp³-hybridized carbons (Fsp3) is 0. The number of rotatable bonds is 4. The number of nitrogens with zero attached hydrogens (tertiary/aromatic N) is 3. The van der Waals surface area contributed by atoms with E-state index in [0.29, 0.717) is 15.1 Å². The van der Waals surface area contributed by atoms with E-state index in [1.807, 2.05) is 0 Å². The molecule has 0 unspecified atom stereocenters. The van der Waals surface area contributed by atoms with Gasteiger partial charge in [0.1, 0.15) is 5.75 Å². The quantitative estimate of drug-likeness (QED) is 0.486. The number of nitrogens with one attached hydrogen (secondary N) is 1. The van der Waals surface area contributed by atoms with Gasteiger partial charge in [-0.1, -0.05) is 11.6 Å². The molecule has 21 heavy (non-hydrogen) atoms. The number of aromatic hydroxyl groups is 1. The molecule has 0 aliphatic carbocycles. The number of pyridine rings is 1. The Kier molecular flexibility index (Phi) is 4.71. The Labute approximate surface area is 132 Å². The molecule has 0 radical (unpaired) electrons. The summed E-state index contributed by atoms with van der Waals surface area (Å²) >= 11 is 9.01. The molecule has 0 atom stereocenters. The predicted molar refractivity (Wildman–Crippen MR) is 82.9 cm³/mol. The van der Waals surface area contributed by atoms with Crippen LogP contribution in [0.25, 0.3) is 0 Å². The second kappa shape index (κ2) is 6.51. The summed E-state index contributed by atoms with van der Waals surface area (Å²) in [5, 5.41) is 24.8. The minimum atomic E-state index is -0.571. The average Bonchev–Trinajstić information content (AvgIpc) is 2.44. The molecule has 1 aromatic heterocycles.